The van der Waals surface area contributed by atoms with E-state index in [1.807, 2.05) is 51.1 Å². The first-order chi connectivity index (χ1) is 20.6. The van der Waals surface area contributed by atoms with E-state index in [4.69, 9.17) is 14.2 Å². The molecule has 2 heterocycles. The zero-order valence-corrected chi connectivity index (χ0v) is 25.4. The van der Waals surface area contributed by atoms with E-state index in [9.17, 15) is 14.0 Å². The number of nitrogens with one attached hydrogen (secondary N) is 2. The maximum atomic E-state index is 14.9. The minimum atomic E-state index is -0.594. The number of amides is 3. The van der Waals surface area contributed by atoms with Crippen molar-refractivity contribution < 1.29 is 28.2 Å². The Morgan fingerprint density at radius 3 is 2.51 bits per heavy atom. The third kappa shape index (κ3) is 8.20. The van der Waals surface area contributed by atoms with Gasteiger partial charge in [0.1, 0.15) is 11.4 Å². The minimum absolute atomic E-state index is 0.0444. The van der Waals surface area contributed by atoms with Crippen molar-refractivity contribution >= 4 is 39.4 Å². The Bertz CT molecular complexity index is 1600. The Hall–Kier alpha value is -4.22. The van der Waals surface area contributed by atoms with Crippen LogP contribution in [0.2, 0.25) is 0 Å². The number of methoxy groups -OCH3 is 1. The Morgan fingerprint density at radius 1 is 1.07 bits per heavy atom. The number of anilines is 1. The molecule has 11 heteroatoms. The maximum absolute atomic E-state index is 14.9. The SMILES string of the molecule is COCCN(Cc1ccc(-c2cc3nccc(Oc4ccc(NC(=O)NC5CC5)cc4F)c3s2)cc1)C(=O)OC(C)(C)C. The lowest BCUT2D eigenvalue weighted by Gasteiger charge is -2.27. The van der Waals surface area contributed by atoms with Crippen LogP contribution in [0, 0.1) is 5.82 Å². The highest BCUT2D eigenvalue weighted by Crippen LogP contribution is 2.40. The van der Waals surface area contributed by atoms with Gasteiger partial charge in [-0.25, -0.2) is 14.0 Å². The summed E-state index contributed by atoms with van der Waals surface area (Å²) >= 11 is 1.49. The quantitative estimate of drug-likeness (QED) is 0.193. The van der Waals surface area contributed by atoms with E-state index >= 15 is 0 Å². The zero-order valence-electron chi connectivity index (χ0n) is 24.6. The molecule has 0 unspecified atom stereocenters. The van der Waals surface area contributed by atoms with Gasteiger partial charge in [0.05, 0.1) is 16.8 Å². The number of thiophene rings is 1. The number of hydrogen-bond acceptors (Lipinski definition) is 7. The van der Waals surface area contributed by atoms with Crippen LogP contribution in [-0.2, 0) is 16.0 Å². The Kier molecular flexibility index (Phi) is 9.12. The van der Waals surface area contributed by atoms with Crippen LogP contribution < -0.4 is 15.4 Å². The molecule has 1 aliphatic carbocycles. The van der Waals surface area contributed by atoms with Gasteiger partial charge in [0, 0.05) is 55.1 Å². The largest absolute Gasteiger partial charge is 0.453 e. The van der Waals surface area contributed by atoms with Crippen LogP contribution in [-0.4, -0.2) is 53.9 Å². The van der Waals surface area contributed by atoms with Gasteiger partial charge in [-0.05, 0) is 62.9 Å². The number of aromatic nitrogens is 1. The first kappa shape index (κ1) is 30.2. The normalized spacial score (nSPS) is 13.0. The van der Waals surface area contributed by atoms with Crippen LogP contribution in [0.5, 0.6) is 11.5 Å². The number of hydrogen-bond donors (Lipinski definition) is 2. The maximum Gasteiger partial charge on any atom is 0.410 e. The van der Waals surface area contributed by atoms with Crippen LogP contribution in [0.1, 0.15) is 39.2 Å². The highest BCUT2D eigenvalue weighted by molar-refractivity contribution is 7.22. The molecule has 0 spiro atoms. The molecule has 2 aromatic carbocycles. The van der Waals surface area contributed by atoms with E-state index in [2.05, 4.69) is 15.6 Å². The highest BCUT2D eigenvalue weighted by atomic mass is 32.1. The third-order valence-corrected chi connectivity index (χ3v) is 7.71. The zero-order chi connectivity index (χ0) is 30.6. The number of ether oxygens (including phenoxy) is 3. The smallest absolute Gasteiger partial charge is 0.410 e. The van der Waals surface area contributed by atoms with Gasteiger partial charge in [-0.15, -0.1) is 11.3 Å². The highest BCUT2D eigenvalue weighted by Gasteiger charge is 2.24. The van der Waals surface area contributed by atoms with E-state index in [1.54, 1.807) is 30.3 Å². The molecule has 2 aromatic heterocycles. The van der Waals surface area contributed by atoms with Gasteiger partial charge >= 0.3 is 12.1 Å². The molecule has 4 aromatic rings. The molecule has 0 aliphatic heterocycles. The summed E-state index contributed by atoms with van der Waals surface area (Å²) in [7, 11) is 1.60. The van der Waals surface area contributed by atoms with Gasteiger partial charge in [-0.3, -0.25) is 4.98 Å². The van der Waals surface area contributed by atoms with Crippen molar-refractivity contribution in [2.45, 2.75) is 51.8 Å². The van der Waals surface area contributed by atoms with Gasteiger partial charge in [0.15, 0.2) is 11.6 Å². The summed E-state index contributed by atoms with van der Waals surface area (Å²) in [5.41, 5.74) is 2.41. The molecule has 3 amide bonds. The number of nitrogens with zero attached hydrogens (tertiary/aromatic N) is 2. The van der Waals surface area contributed by atoms with Crippen LogP contribution in [0.4, 0.5) is 19.7 Å². The van der Waals surface area contributed by atoms with Crippen LogP contribution in [0.25, 0.3) is 20.7 Å². The monoisotopic (exact) mass is 606 g/mol. The van der Waals surface area contributed by atoms with Crippen molar-refractivity contribution in [2.24, 2.45) is 0 Å². The molecule has 0 bridgehead atoms. The summed E-state index contributed by atoms with van der Waals surface area (Å²) in [6.45, 7) is 6.72. The van der Waals surface area contributed by atoms with Crippen molar-refractivity contribution in [2.75, 3.05) is 25.6 Å². The lowest BCUT2D eigenvalue weighted by molar-refractivity contribution is 0.0184. The molecule has 0 saturated heterocycles. The first-order valence-electron chi connectivity index (χ1n) is 14.1. The van der Waals surface area contributed by atoms with Crippen molar-refractivity contribution in [1.82, 2.24) is 15.2 Å². The van der Waals surface area contributed by atoms with Gasteiger partial charge in [0.25, 0.3) is 0 Å². The summed E-state index contributed by atoms with van der Waals surface area (Å²) in [6, 6.07) is 15.8. The summed E-state index contributed by atoms with van der Waals surface area (Å²) in [6.07, 6.45) is 3.17. The molecule has 9 nitrogen and oxygen atoms in total. The predicted octanol–water partition coefficient (Wildman–Crippen LogP) is 7.56. The third-order valence-electron chi connectivity index (χ3n) is 6.53. The van der Waals surface area contributed by atoms with Crippen LogP contribution in [0.15, 0.2) is 60.8 Å². The van der Waals surface area contributed by atoms with E-state index in [1.165, 1.54) is 23.5 Å². The molecular weight excluding hydrogens is 571 g/mol. The molecule has 5 rings (SSSR count). The number of carbonyl (C=O) groups excluding carboxylic acids is 2. The lowest BCUT2D eigenvalue weighted by atomic mass is 10.1. The van der Waals surface area contributed by atoms with Gasteiger partial charge in [-0.1, -0.05) is 24.3 Å². The van der Waals surface area contributed by atoms with Crippen molar-refractivity contribution in [1.29, 1.82) is 0 Å². The predicted molar refractivity (Wildman–Crippen MR) is 165 cm³/mol. The van der Waals surface area contributed by atoms with E-state index in [-0.39, 0.29) is 17.8 Å². The summed E-state index contributed by atoms with van der Waals surface area (Å²) in [5.74, 6) is -0.0643. The number of urea groups is 1. The molecule has 226 valence electrons. The summed E-state index contributed by atoms with van der Waals surface area (Å²) in [5, 5.41) is 5.46. The standard InChI is InChI=1S/C32H35FN4O5S/c1-32(2,3)42-31(39)37(15-16-40-4)19-20-5-7-21(8-6-20)28-18-25-29(43-28)27(13-14-34-25)41-26-12-11-23(17-24(26)33)36-30(38)35-22-9-10-22/h5-8,11-14,17-18,22H,9-10,15-16,19H2,1-4H3,(H2,35,36,38). The first-order valence-corrected chi connectivity index (χ1v) is 14.9. The Labute approximate surface area is 254 Å². The average molecular weight is 607 g/mol. The number of halogens is 1. The minimum Gasteiger partial charge on any atom is -0.453 e. The number of carbonyl (C=O) groups is 2. The topological polar surface area (TPSA) is 102 Å². The fourth-order valence-electron chi connectivity index (χ4n) is 4.26. The molecule has 0 radical (unpaired) electrons. The molecule has 1 fully saturated rings. The molecule has 1 aliphatic rings. The van der Waals surface area contributed by atoms with Gasteiger partial charge in [0.2, 0.25) is 0 Å². The second-order valence-corrected chi connectivity index (χ2v) is 12.4. The second-order valence-electron chi connectivity index (χ2n) is 11.3. The number of fused-ring (bicyclic) bond motifs is 1. The van der Waals surface area contributed by atoms with Crippen LogP contribution in [0.3, 0.4) is 0 Å². The van der Waals surface area contributed by atoms with Gasteiger partial charge < -0.3 is 29.7 Å². The molecule has 43 heavy (non-hydrogen) atoms. The molecule has 2 N–H and O–H groups in total. The van der Waals surface area contributed by atoms with E-state index < -0.39 is 17.5 Å². The van der Waals surface area contributed by atoms with Crippen molar-refractivity contribution in [3.05, 3.63) is 72.2 Å². The average Bonchev–Trinajstić information content (AvgIpc) is 3.65. The van der Waals surface area contributed by atoms with Crippen molar-refractivity contribution in [3.8, 4) is 21.9 Å². The number of rotatable bonds is 10. The second kappa shape index (κ2) is 13.0. The summed E-state index contributed by atoms with van der Waals surface area (Å²) in [4.78, 5) is 31.8. The van der Waals surface area contributed by atoms with E-state index in [0.717, 1.165) is 39.1 Å². The number of pyridine rings is 1. The summed E-state index contributed by atoms with van der Waals surface area (Å²) < 4.78 is 32.4. The number of benzene rings is 2. The lowest BCUT2D eigenvalue weighted by Crippen LogP contribution is -2.38. The Balaban J connectivity index is 1.29. The fraction of sp³-hybridized carbons (Fsp3) is 0.344. The Morgan fingerprint density at radius 2 is 1.84 bits per heavy atom. The van der Waals surface area contributed by atoms with Gasteiger partial charge in [-0.2, -0.15) is 0 Å². The van der Waals surface area contributed by atoms with Crippen LogP contribution >= 0.6 is 11.3 Å². The fourth-order valence-corrected chi connectivity index (χ4v) is 5.33. The molecular formula is C32H35FN4O5S. The molecule has 0 atom stereocenters. The van der Waals surface area contributed by atoms with E-state index in [0.29, 0.717) is 31.1 Å². The molecule has 1 saturated carbocycles. The van der Waals surface area contributed by atoms with Crippen molar-refractivity contribution in [3.63, 3.8) is 0 Å².